The molecule has 0 saturated carbocycles. The summed E-state index contributed by atoms with van der Waals surface area (Å²) in [6, 6.07) is 0. The zero-order chi connectivity index (χ0) is 7.84. The van der Waals surface area contributed by atoms with E-state index in [2.05, 4.69) is 0 Å². The van der Waals surface area contributed by atoms with Gasteiger partial charge in [0.15, 0.2) is 0 Å². The second kappa shape index (κ2) is 2.26. The molecule has 0 fully saturated rings. The Bertz CT molecular complexity index is 278. The highest BCUT2D eigenvalue weighted by Crippen LogP contribution is 2.17. The van der Waals surface area contributed by atoms with Crippen LogP contribution in [0.25, 0.3) is 0 Å². The molecule has 1 aliphatic rings. The van der Waals surface area contributed by atoms with Crippen molar-refractivity contribution in [3.63, 3.8) is 0 Å². The minimum absolute atomic E-state index is 0.165. The Morgan fingerprint density at radius 3 is 3.00 bits per heavy atom. The molecule has 11 heavy (non-hydrogen) atoms. The number of fused-ring (bicyclic) bond motifs is 1. The van der Waals surface area contributed by atoms with Gasteiger partial charge in [0, 0.05) is 19.8 Å². The summed E-state index contributed by atoms with van der Waals surface area (Å²) in [5.41, 5.74) is 0.750. The van der Waals surface area contributed by atoms with Crippen LogP contribution >= 0.6 is 0 Å². The van der Waals surface area contributed by atoms with Gasteiger partial charge in [-0.2, -0.15) is 4.57 Å². The average molecular weight is 153 g/mol. The smallest absolute Gasteiger partial charge is 0.236 e. The van der Waals surface area contributed by atoms with Crippen molar-refractivity contribution < 1.29 is 14.1 Å². The molecule has 2 heterocycles. The monoisotopic (exact) mass is 153 g/mol. The number of aryl methyl sites for hydroxylation is 1. The van der Waals surface area contributed by atoms with E-state index in [9.17, 15) is 5.11 Å². The summed E-state index contributed by atoms with van der Waals surface area (Å²) in [4.78, 5) is 0. The van der Waals surface area contributed by atoms with Crippen LogP contribution in [-0.4, -0.2) is 0 Å². The molecule has 0 spiro atoms. The van der Waals surface area contributed by atoms with Gasteiger partial charge in [0.05, 0.1) is 0 Å². The van der Waals surface area contributed by atoms with Crippen molar-refractivity contribution in [2.45, 2.75) is 32.7 Å². The SMILES string of the molecule is Cc1c([O-])oc2[n+]1CCCC2. The van der Waals surface area contributed by atoms with Gasteiger partial charge in [-0.1, -0.05) is 0 Å². The van der Waals surface area contributed by atoms with E-state index in [1.54, 1.807) is 0 Å². The Hall–Kier alpha value is -0.990. The number of aromatic nitrogens is 1. The molecule has 1 aromatic heterocycles. The molecule has 0 N–H and O–H groups in total. The highest BCUT2D eigenvalue weighted by Gasteiger charge is 2.20. The zero-order valence-corrected chi connectivity index (χ0v) is 6.59. The molecular formula is C8H11NO2. The Morgan fingerprint density at radius 2 is 2.27 bits per heavy atom. The van der Waals surface area contributed by atoms with E-state index in [1.807, 2.05) is 11.5 Å². The third kappa shape index (κ3) is 0.914. The van der Waals surface area contributed by atoms with Crippen molar-refractivity contribution in [2.24, 2.45) is 0 Å². The lowest BCUT2D eigenvalue weighted by molar-refractivity contribution is -0.718. The summed E-state index contributed by atoms with van der Waals surface area (Å²) in [5.74, 6) is 0.695. The molecule has 3 nitrogen and oxygen atoms in total. The number of hydrogen-bond acceptors (Lipinski definition) is 2. The standard InChI is InChI=1S/C8H11NO2/c1-6-8(10)11-7-4-2-3-5-9(6)7/h2-5H2,1H3. The molecular weight excluding hydrogens is 142 g/mol. The Balaban J connectivity index is 2.50. The third-order valence-corrected chi connectivity index (χ3v) is 2.23. The zero-order valence-electron chi connectivity index (χ0n) is 6.59. The van der Waals surface area contributed by atoms with Gasteiger partial charge in [-0.3, -0.25) is 0 Å². The summed E-state index contributed by atoms with van der Waals surface area (Å²) >= 11 is 0. The normalized spacial score (nSPS) is 16.5. The van der Waals surface area contributed by atoms with Gasteiger partial charge < -0.3 is 9.52 Å². The Morgan fingerprint density at radius 1 is 1.45 bits per heavy atom. The molecule has 3 heteroatoms. The lowest BCUT2D eigenvalue weighted by Gasteiger charge is -2.05. The third-order valence-electron chi connectivity index (χ3n) is 2.23. The molecule has 0 amide bonds. The molecule has 0 unspecified atom stereocenters. The van der Waals surface area contributed by atoms with Crippen LogP contribution in [0.15, 0.2) is 4.42 Å². The highest BCUT2D eigenvalue weighted by atomic mass is 16.5. The van der Waals surface area contributed by atoms with Crippen molar-refractivity contribution in [1.29, 1.82) is 0 Å². The van der Waals surface area contributed by atoms with E-state index in [-0.39, 0.29) is 5.95 Å². The lowest BCUT2D eigenvalue weighted by Crippen LogP contribution is -2.41. The maximum Gasteiger partial charge on any atom is 0.236 e. The summed E-state index contributed by atoms with van der Waals surface area (Å²) in [7, 11) is 0. The first-order valence-electron chi connectivity index (χ1n) is 3.98. The maximum atomic E-state index is 11.0. The van der Waals surface area contributed by atoms with E-state index in [0.717, 1.165) is 37.4 Å². The Labute approximate surface area is 65.3 Å². The van der Waals surface area contributed by atoms with Crippen LogP contribution in [-0.2, 0) is 13.0 Å². The molecule has 1 aromatic rings. The minimum atomic E-state index is -0.165. The van der Waals surface area contributed by atoms with Crippen molar-refractivity contribution in [2.75, 3.05) is 0 Å². The Kier molecular flexibility index (Phi) is 1.37. The predicted molar refractivity (Wildman–Crippen MR) is 36.0 cm³/mol. The van der Waals surface area contributed by atoms with Gasteiger partial charge in [0.1, 0.15) is 12.5 Å². The molecule has 0 atom stereocenters. The van der Waals surface area contributed by atoms with Gasteiger partial charge >= 0.3 is 0 Å². The van der Waals surface area contributed by atoms with Crippen LogP contribution < -0.4 is 9.67 Å². The van der Waals surface area contributed by atoms with E-state index in [0.29, 0.717) is 0 Å². The average Bonchev–Trinajstić information content (AvgIpc) is 2.30. The minimum Gasteiger partial charge on any atom is -0.540 e. The second-order valence-corrected chi connectivity index (χ2v) is 2.98. The molecule has 0 aliphatic carbocycles. The molecule has 2 rings (SSSR count). The molecule has 0 aromatic carbocycles. The first kappa shape index (κ1) is 6.70. The summed E-state index contributed by atoms with van der Waals surface area (Å²) in [6.45, 7) is 2.77. The van der Waals surface area contributed by atoms with E-state index < -0.39 is 0 Å². The quantitative estimate of drug-likeness (QED) is 0.502. The fourth-order valence-corrected chi connectivity index (χ4v) is 1.56. The molecule has 0 saturated heterocycles. The van der Waals surface area contributed by atoms with E-state index >= 15 is 0 Å². The number of hydrogen-bond donors (Lipinski definition) is 0. The van der Waals surface area contributed by atoms with Crippen LogP contribution in [0.4, 0.5) is 0 Å². The molecule has 1 aliphatic heterocycles. The van der Waals surface area contributed by atoms with Gasteiger partial charge in [-0.05, 0) is 6.42 Å². The van der Waals surface area contributed by atoms with Crippen LogP contribution in [0.2, 0.25) is 0 Å². The molecule has 0 bridgehead atoms. The summed E-state index contributed by atoms with van der Waals surface area (Å²) in [5, 5.41) is 11.0. The maximum absolute atomic E-state index is 11.0. The van der Waals surface area contributed by atoms with E-state index in [1.165, 1.54) is 0 Å². The van der Waals surface area contributed by atoms with Gasteiger partial charge in [0.2, 0.25) is 11.6 Å². The predicted octanol–water partition coefficient (Wildman–Crippen LogP) is 0.285. The van der Waals surface area contributed by atoms with Gasteiger partial charge in [-0.25, -0.2) is 0 Å². The van der Waals surface area contributed by atoms with Gasteiger partial charge in [-0.15, -0.1) is 0 Å². The van der Waals surface area contributed by atoms with Crippen molar-refractivity contribution in [3.8, 4) is 5.95 Å². The molecule has 0 radical (unpaired) electrons. The fourth-order valence-electron chi connectivity index (χ4n) is 1.56. The van der Waals surface area contributed by atoms with Crippen molar-refractivity contribution in [3.05, 3.63) is 11.6 Å². The number of rotatable bonds is 0. The summed E-state index contributed by atoms with van der Waals surface area (Å²) < 4.78 is 7.04. The van der Waals surface area contributed by atoms with Crippen LogP contribution in [0.3, 0.4) is 0 Å². The number of nitrogens with zero attached hydrogens (tertiary/aromatic N) is 1. The van der Waals surface area contributed by atoms with Crippen molar-refractivity contribution >= 4 is 0 Å². The summed E-state index contributed by atoms with van der Waals surface area (Å²) in [6.07, 6.45) is 3.23. The first-order chi connectivity index (χ1) is 5.29. The fraction of sp³-hybridized carbons (Fsp3) is 0.625. The highest BCUT2D eigenvalue weighted by molar-refractivity contribution is 5.03. The van der Waals surface area contributed by atoms with Crippen LogP contribution in [0, 0.1) is 6.92 Å². The number of oxazole rings is 1. The largest absolute Gasteiger partial charge is 0.540 e. The van der Waals surface area contributed by atoms with E-state index in [4.69, 9.17) is 4.42 Å². The topological polar surface area (TPSA) is 40.1 Å². The first-order valence-corrected chi connectivity index (χ1v) is 3.98. The van der Waals surface area contributed by atoms with Crippen LogP contribution in [0.1, 0.15) is 24.4 Å². The molecule has 60 valence electrons. The van der Waals surface area contributed by atoms with Gasteiger partial charge in [0.25, 0.3) is 0 Å². The second-order valence-electron chi connectivity index (χ2n) is 2.98. The lowest BCUT2D eigenvalue weighted by atomic mass is 10.2. The van der Waals surface area contributed by atoms with Crippen LogP contribution in [0.5, 0.6) is 5.95 Å². The van der Waals surface area contributed by atoms with Crippen molar-refractivity contribution in [1.82, 2.24) is 0 Å².